The van der Waals surface area contributed by atoms with Gasteiger partial charge in [0.2, 0.25) is 5.75 Å². The van der Waals surface area contributed by atoms with Gasteiger partial charge in [0.05, 0.1) is 6.54 Å². The Bertz CT molecular complexity index is 1060. The smallest absolute Gasteiger partial charge is 0.312 e. The van der Waals surface area contributed by atoms with Gasteiger partial charge < -0.3 is 14.9 Å². The molecule has 0 aliphatic carbocycles. The van der Waals surface area contributed by atoms with E-state index in [4.69, 9.17) is 0 Å². The van der Waals surface area contributed by atoms with E-state index in [9.17, 15) is 28.7 Å². The van der Waals surface area contributed by atoms with Gasteiger partial charge in [0.25, 0.3) is 5.56 Å². The normalized spacial score (nSPS) is 13.0. The van der Waals surface area contributed by atoms with Gasteiger partial charge >= 0.3 is 11.8 Å². The van der Waals surface area contributed by atoms with Gasteiger partial charge in [-0.1, -0.05) is 12.1 Å². The van der Waals surface area contributed by atoms with Crippen LogP contribution in [0.5, 0.6) is 5.75 Å². The Labute approximate surface area is 171 Å². The van der Waals surface area contributed by atoms with Gasteiger partial charge in [0.15, 0.2) is 11.5 Å². The van der Waals surface area contributed by atoms with Gasteiger partial charge in [-0.3, -0.25) is 23.7 Å². The van der Waals surface area contributed by atoms with Crippen LogP contribution in [0.4, 0.5) is 4.39 Å². The molecule has 0 saturated heterocycles. The van der Waals surface area contributed by atoms with Crippen molar-refractivity contribution >= 4 is 17.6 Å². The second kappa shape index (κ2) is 8.44. The molecule has 2 amide bonds. The number of carbonyl (C=O) groups excluding carboxylic acids is 3. The molecule has 3 rings (SSSR count). The summed E-state index contributed by atoms with van der Waals surface area (Å²) in [6.45, 7) is 0.0156. The molecule has 1 N–H and O–H groups in total. The van der Waals surface area contributed by atoms with Crippen molar-refractivity contribution in [2.75, 3.05) is 20.6 Å². The molecular weight excluding hydrogens is 395 g/mol. The number of hydrogen-bond donors (Lipinski definition) is 1. The van der Waals surface area contributed by atoms with Crippen molar-refractivity contribution in [1.82, 2.24) is 19.4 Å². The minimum atomic E-state index is -0.767. The van der Waals surface area contributed by atoms with E-state index < -0.39 is 28.9 Å². The Morgan fingerprint density at radius 3 is 2.47 bits per heavy atom. The number of ketones is 1. The number of aromatic nitrogens is 2. The Hall–Kier alpha value is -3.56. The van der Waals surface area contributed by atoms with E-state index in [2.05, 4.69) is 4.98 Å². The molecule has 0 unspecified atom stereocenters. The van der Waals surface area contributed by atoms with Crippen LogP contribution in [0.2, 0.25) is 0 Å². The Kier molecular flexibility index (Phi) is 5.95. The average molecular weight is 416 g/mol. The number of halogens is 1. The Morgan fingerprint density at radius 1 is 1.17 bits per heavy atom. The first-order chi connectivity index (χ1) is 14.2. The zero-order chi connectivity index (χ0) is 22.0. The second-order valence-electron chi connectivity index (χ2n) is 7.16. The zero-order valence-electron chi connectivity index (χ0n) is 16.6. The van der Waals surface area contributed by atoms with Crippen LogP contribution >= 0.6 is 0 Å². The highest BCUT2D eigenvalue weighted by molar-refractivity contribution is 6.34. The number of nitrogens with zero attached hydrogens (tertiary/aromatic N) is 4. The first-order valence-electron chi connectivity index (χ1n) is 9.30. The summed E-state index contributed by atoms with van der Waals surface area (Å²) >= 11 is 0. The van der Waals surface area contributed by atoms with Crippen LogP contribution < -0.4 is 5.56 Å². The maximum Gasteiger partial charge on any atom is 0.312 e. The van der Waals surface area contributed by atoms with E-state index in [0.29, 0.717) is 0 Å². The summed E-state index contributed by atoms with van der Waals surface area (Å²) in [4.78, 5) is 55.8. The number of aromatic hydroxyl groups is 1. The molecule has 0 bridgehead atoms. The van der Waals surface area contributed by atoms with Crippen molar-refractivity contribution < 1.29 is 23.9 Å². The van der Waals surface area contributed by atoms with Crippen LogP contribution in [0.15, 0.2) is 29.1 Å². The number of likely N-dealkylation sites (N-methyl/N-ethyl adjacent to an activating group) is 1. The maximum atomic E-state index is 13.0. The van der Waals surface area contributed by atoms with Crippen LogP contribution in [0.25, 0.3) is 0 Å². The highest BCUT2D eigenvalue weighted by atomic mass is 19.1. The molecule has 158 valence electrons. The summed E-state index contributed by atoms with van der Waals surface area (Å²) < 4.78 is 14.2. The van der Waals surface area contributed by atoms with E-state index in [0.717, 1.165) is 10.5 Å². The molecule has 1 aliphatic heterocycles. The lowest BCUT2D eigenvalue weighted by molar-refractivity contribution is -0.151. The number of rotatable bonds is 4. The molecular formula is C20H21FN4O5. The molecule has 2 aromatic rings. The molecule has 0 saturated carbocycles. The van der Waals surface area contributed by atoms with E-state index in [1.165, 1.54) is 35.7 Å². The third-order valence-corrected chi connectivity index (χ3v) is 4.84. The van der Waals surface area contributed by atoms with E-state index in [1.54, 1.807) is 12.1 Å². The number of Topliss-reactive ketones (excluding diaryl/α,β-unsaturated/α-hetero) is 1. The molecule has 0 spiro atoms. The minimum Gasteiger partial charge on any atom is -0.501 e. The number of fused-ring (bicyclic) bond motifs is 1. The fourth-order valence-corrected chi connectivity index (χ4v) is 3.13. The van der Waals surface area contributed by atoms with Gasteiger partial charge in [-0.25, -0.2) is 9.37 Å². The van der Waals surface area contributed by atoms with Gasteiger partial charge in [-0.05, 0) is 24.1 Å². The van der Waals surface area contributed by atoms with Gasteiger partial charge in [-0.15, -0.1) is 0 Å². The fraction of sp³-hybridized carbons (Fsp3) is 0.350. The van der Waals surface area contributed by atoms with Crippen molar-refractivity contribution in [1.29, 1.82) is 0 Å². The van der Waals surface area contributed by atoms with Crippen molar-refractivity contribution in [2.45, 2.75) is 25.9 Å². The van der Waals surface area contributed by atoms with Crippen LogP contribution in [0.3, 0.4) is 0 Å². The first-order valence-corrected chi connectivity index (χ1v) is 9.30. The minimum absolute atomic E-state index is 0.0448. The van der Waals surface area contributed by atoms with Crippen LogP contribution in [0.1, 0.15) is 28.3 Å². The monoisotopic (exact) mass is 416 g/mol. The molecule has 1 aromatic carbocycles. The highest BCUT2D eigenvalue weighted by Crippen LogP contribution is 2.18. The quantitative estimate of drug-likeness (QED) is 0.568. The standard InChI is InChI=1S/C20H21FN4O5/c1-23(2)19(29)20(30)24-9-10-25-15(11-24)22-16(17(27)18(25)28)14(26)8-5-12-3-6-13(21)7-4-12/h3-4,6-7,27H,5,8-11H2,1-2H3. The van der Waals surface area contributed by atoms with Gasteiger partial charge in [0, 0.05) is 33.6 Å². The van der Waals surface area contributed by atoms with Gasteiger partial charge in [0.1, 0.15) is 11.6 Å². The van der Waals surface area contributed by atoms with Crippen molar-refractivity contribution in [2.24, 2.45) is 0 Å². The molecule has 10 heteroatoms. The van der Waals surface area contributed by atoms with E-state index in [1.807, 2.05) is 0 Å². The van der Waals surface area contributed by atoms with Crippen LogP contribution in [-0.4, -0.2) is 62.7 Å². The summed E-state index contributed by atoms with van der Waals surface area (Å²) in [6, 6.07) is 5.65. The van der Waals surface area contributed by atoms with Crippen molar-refractivity contribution in [3.8, 4) is 5.75 Å². The lowest BCUT2D eigenvalue weighted by atomic mass is 10.1. The van der Waals surface area contributed by atoms with Crippen LogP contribution in [-0.2, 0) is 29.1 Å². The average Bonchev–Trinajstić information content (AvgIpc) is 2.74. The number of hydrogen-bond acceptors (Lipinski definition) is 6. The maximum absolute atomic E-state index is 13.0. The molecule has 0 fully saturated rings. The molecule has 9 nitrogen and oxygen atoms in total. The third kappa shape index (κ3) is 4.22. The summed E-state index contributed by atoms with van der Waals surface area (Å²) in [7, 11) is 2.91. The molecule has 0 atom stereocenters. The van der Waals surface area contributed by atoms with E-state index >= 15 is 0 Å². The predicted molar refractivity (Wildman–Crippen MR) is 103 cm³/mol. The molecule has 0 radical (unpaired) electrons. The first kappa shape index (κ1) is 21.2. The largest absolute Gasteiger partial charge is 0.501 e. The summed E-state index contributed by atoms with van der Waals surface area (Å²) in [5.74, 6) is -3.01. The Balaban J connectivity index is 1.81. The van der Waals surface area contributed by atoms with Crippen molar-refractivity contribution in [3.05, 3.63) is 57.5 Å². The number of carbonyl (C=O) groups is 3. The predicted octanol–water partition coefficient (Wildman–Crippen LogP) is 0.334. The van der Waals surface area contributed by atoms with Crippen molar-refractivity contribution in [3.63, 3.8) is 0 Å². The molecule has 1 aromatic heterocycles. The topological polar surface area (TPSA) is 113 Å². The van der Waals surface area contributed by atoms with Gasteiger partial charge in [-0.2, -0.15) is 0 Å². The van der Waals surface area contributed by atoms with Crippen LogP contribution in [0, 0.1) is 5.82 Å². The highest BCUT2D eigenvalue weighted by Gasteiger charge is 2.30. The fourth-order valence-electron chi connectivity index (χ4n) is 3.13. The lowest BCUT2D eigenvalue weighted by Gasteiger charge is -2.29. The molecule has 30 heavy (non-hydrogen) atoms. The lowest BCUT2D eigenvalue weighted by Crippen LogP contribution is -2.48. The SMILES string of the molecule is CN(C)C(=O)C(=O)N1CCn2c(nc(C(=O)CCc3ccc(F)cc3)c(O)c2=O)C1. The summed E-state index contributed by atoms with van der Waals surface area (Å²) in [6.07, 6.45) is 0.234. The summed E-state index contributed by atoms with van der Waals surface area (Å²) in [5, 5.41) is 10.2. The number of amides is 2. The zero-order valence-corrected chi connectivity index (χ0v) is 16.6. The third-order valence-electron chi connectivity index (χ3n) is 4.84. The number of benzene rings is 1. The van der Waals surface area contributed by atoms with E-state index in [-0.39, 0.29) is 49.8 Å². The molecule has 1 aliphatic rings. The second-order valence-corrected chi connectivity index (χ2v) is 7.16. The Morgan fingerprint density at radius 2 is 1.83 bits per heavy atom. The molecule has 2 heterocycles. The summed E-state index contributed by atoms with van der Waals surface area (Å²) in [5.41, 5.74) is -0.421. The number of aryl methyl sites for hydroxylation is 1.